The van der Waals surface area contributed by atoms with Crippen molar-refractivity contribution in [2.45, 2.75) is 44.0 Å². The van der Waals surface area contributed by atoms with E-state index in [0.717, 1.165) is 30.5 Å². The molecule has 42 heavy (non-hydrogen) atoms. The van der Waals surface area contributed by atoms with Gasteiger partial charge in [-0.15, -0.1) is 18.3 Å². The van der Waals surface area contributed by atoms with Crippen molar-refractivity contribution in [3.8, 4) is 23.1 Å². The maximum atomic E-state index is 13.1. The number of nitrogens with one attached hydrogen (secondary N) is 1. The van der Waals surface area contributed by atoms with Crippen LogP contribution >= 0.6 is 0 Å². The molecule has 2 amide bonds. The number of pyridine rings is 1. The van der Waals surface area contributed by atoms with Gasteiger partial charge in [0, 0.05) is 36.3 Å². The van der Waals surface area contributed by atoms with Crippen molar-refractivity contribution < 1.29 is 27.5 Å². The van der Waals surface area contributed by atoms with Crippen LogP contribution in [0.15, 0.2) is 54.9 Å². The molecule has 216 valence electrons. The molecule has 4 aromatic rings. The van der Waals surface area contributed by atoms with E-state index in [0.29, 0.717) is 37.3 Å². The Morgan fingerprint density at radius 1 is 1.12 bits per heavy atom. The van der Waals surface area contributed by atoms with E-state index in [2.05, 4.69) is 31.3 Å². The second-order valence-corrected chi connectivity index (χ2v) is 10.5. The van der Waals surface area contributed by atoms with E-state index < -0.39 is 17.7 Å². The summed E-state index contributed by atoms with van der Waals surface area (Å²) in [5.41, 5.74) is 1.59. The Morgan fingerprint density at radius 2 is 1.86 bits per heavy atom. The van der Waals surface area contributed by atoms with Gasteiger partial charge < -0.3 is 9.64 Å². The highest BCUT2D eigenvalue weighted by molar-refractivity contribution is 5.94. The van der Waals surface area contributed by atoms with E-state index in [1.54, 1.807) is 26.4 Å². The third-order valence-electron chi connectivity index (χ3n) is 7.63. The molecule has 0 atom stereocenters. The van der Waals surface area contributed by atoms with Crippen LogP contribution in [0.5, 0.6) is 5.75 Å². The fourth-order valence-electron chi connectivity index (χ4n) is 5.19. The number of carbonyl (C=O) groups excluding carboxylic acids is 2. The minimum atomic E-state index is -4.81. The number of carbonyl (C=O) groups is 2. The molecule has 6 rings (SSSR count). The van der Waals surface area contributed by atoms with Gasteiger partial charge in [0.05, 0.1) is 29.9 Å². The zero-order valence-electron chi connectivity index (χ0n) is 22.2. The number of alkyl halides is 3. The van der Waals surface area contributed by atoms with Gasteiger partial charge in [0.1, 0.15) is 5.75 Å². The number of nitriles is 1. The Bertz CT molecular complexity index is 1680. The summed E-state index contributed by atoms with van der Waals surface area (Å²) in [6.07, 6.45) is 1.52. The maximum absolute atomic E-state index is 13.1. The third-order valence-corrected chi connectivity index (χ3v) is 7.63. The summed E-state index contributed by atoms with van der Waals surface area (Å²) in [4.78, 5) is 31.3. The Kier molecular flexibility index (Phi) is 6.80. The summed E-state index contributed by atoms with van der Waals surface area (Å²) in [7, 11) is 0. The van der Waals surface area contributed by atoms with Crippen molar-refractivity contribution in [3.63, 3.8) is 0 Å². The van der Waals surface area contributed by atoms with Gasteiger partial charge in [-0.1, -0.05) is 6.07 Å². The quantitative estimate of drug-likeness (QED) is 0.344. The molecule has 3 aromatic heterocycles. The molecule has 1 aromatic carbocycles. The molecule has 1 aliphatic carbocycles. The molecule has 0 radical (unpaired) electrons. The first-order chi connectivity index (χ1) is 20.1. The van der Waals surface area contributed by atoms with Crippen LogP contribution in [0.1, 0.15) is 42.5 Å². The van der Waals surface area contributed by atoms with E-state index >= 15 is 0 Å². The lowest BCUT2D eigenvalue weighted by atomic mass is 9.84. The number of hydrogen-bond donors (Lipinski definition) is 1. The monoisotopic (exact) mass is 578 g/mol. The number of halogens is 3. The average molecular weight is 579 g/mol. The number of anilines is 1. The van der Waals surface area contributed by atoms with Crippen LogP contribution in [0.25, 0.3) is 16.9 Å². The SMILES string of the molecule is N#CCC1(n2cc(-c3cccc4nc(NC(=O)C5CC5)nn34)cn2)CCN(C(=O)c2ccc(OC(F)(F)F)cc2)CC1. The smallest absolute Gasteiger partial charge is 0.406 e. The lowest BCUT2D eigenvalue weighted by molar-refractivity contribution is -0.274. The Labute approximate surface area is 237 Å². The minimum Gasteiger partial charge on any atom is -0.406 e. The van der Waals surface area contributed by atoms with Gasteiger partial charge in [-0.2, -0.15) is 15.3 Å². The van der Waals surface area contributed by atoms with E-state index in [-0.39, 0.29) is 35.7 Å². The van der Waals surface area contributed by atoms with Crippen LogP contribution < -0.4 is 10.1 Å². The number of likely N-dealkylation sites (tertiary alicyclic amines) is 1. The molecule has 0 unspecified atom stereocenters. The number of nitrogens with zero attached hydrogens (tertiary/aromatic N) is 7. The van der Waals surface area contributed by atoms with Crippen molar-refractivity contribution in [2.75, 3.05) is 18.4 Å². The van der Waals surface area contributed by atoms with Crippen LogP contribution in [0.3, 0.4) is 0 Å². The van der Waals surface area contributed by atoms with E-state index in [1.165, 1.54) is 12.1 Å². The van der Waals surface area contributed by atoms with Crippen molar-refractivity contribution in [2.24, 2.45) is 5.92 Å². The second-order valence-electron chi connectivity index (χ2n) is 10.5. The number of rotatable bonds is 7. The summed E-state index contributed by atoms with van der Waals surface area (Å²) in [5.74, 6) is -0.558. The van der Waals surface area contributed by atoms with Crippen molar-refractivity contribution in [1.29, 1.82) is 5.26 Å². The second kappa shape index (κ2) is 10.5. The molecule has 11 nitrogen and oxygen atoms in total. The summed E-state index contributed by atoms with van der Waals surface area (Å²) in [6, 6.07) is 12.5. The summed E-state index contributed by atoms with van der Waals surface area (Å²) < 4.78 is 44.6. The van der Waals surface area contributed by atoms with Gasteiger partial charge in [0.2, 0.25) is 11.9 Å². The summed E-state index contributed by atoms with van der Waals surface area (Å²) in [6.45, 7) is 0.665. The lowest BCUT2D eigenvalue weighted by Crippen LogP contribution is -2.48. The molecule has 2 fully saturated rings. The Morgan fingerprint density at radius 3 is 2.52 bits per heavy atom. The third kappa shape index (κ3) is 5.50. The summed E-state index contributed by atoms with van der Waals surface area (Å²) in [5, 5.41) is 21.5. The number of amides is 2. The van der Waals surface area contributed by atoms with E-state index in [9.17, 15) is 28.0 Å². The highest BCUT2D eigenvalue weighted by Gasteiger charge is 2.39. The zero-order chi connectivity index (χ0) is 29.5. The van der Waals surface area contributed by atoms with Gasteiger partial charge in [-0.25, -0.2) is 4.52 Å². The molecule has 0 bridgehead atoms. The first-order valence-corrected chi connectivity index (χ1v) is 13.4. The molecule has 1 saturated heterocycles. The van der Waals surface area contributed by atoms with Gasteiger partial charge >= 0.3 is 6.36 Å². The number of hydrogen-bond acceptors (Lipinski definition) is 7. The highest BCUT2D eigenvalue weighted by atomic mass is 19.4. The lowest BCUT2D eigenvalue weighted by Gasteiger charge is -2.40. The van der Waals surface area contributed by atoms with Crippen LogP contribution in [0, 0.1) is 17.2 Å². The van der Waals surface area contributed by atoms with Crippen molar-refractivity contribution in [3.05, 3.63) is 60.4 Å². The predicted molar refractivity (Wildman–Crippen MR) is 142 cm³/mol. The van der Waals surface area contributed by atoms with E-state index in [4.69, 9.17) is 0 Å². The Balaban J connectivity index is 1.18. The van der Waals surface area contributed by atoms with E-state index in [1.807, 2.05) is 18.3 Å². The zero-order valence-corrected chi connectivity index (χ0v) is 22.2. The number of fused-ring (bicyclic) bond motifs is 1. The number of aromatic nitrogens is 5. The van der Waals surface area contributed by atoms with Gasteiger partial charge in [0.15, 0.2) is 5.65 Å². The molecule has 1 aliphatic heterocycles. The van der Waals surface area contributed by atoms with Gasteiger partial charge in [-0.05, 0) is 62.1 Å². The number of benzene rings is 1. The molecular formula is C28H25F3N8O3. The predicted octanol–water partition coefficient (Wildman–Crippen LogP) is 4.39. The van der Waals surface area contributed by atoms with Crippen LogP contribution in [0.2, 0.25) is 0 Å². The van der Waals surface area contributed by atoms with Crippen molar-refractivity contribution >= 4 is 23.4 Å². The molecule has 2 aliphatic rings. The van der Waals surface area contributed by atoms with Gasteiger partial charge in [-0.3, -0.25) is 19.6 Å². The Hall–Kier alpha value is -4.93. The largest absolute Gasteiger partial charge is 0.573 e. The summed E-state index contributed by atoms with van der Waals surface area (Å²) >= 11 is 0. The normalized spacial score (nSPS) is 16.7. The molecule has 1 saturated carbocycles. The molecule has 1 N–H and O–H groups in total. The average Bonchev–Trinajstić information content (AvgIpc) is 3.55. The fourth-order valence-corrected chi connectivity index (χ4v) is 5.19. The van der Waals surface area contributed by atoms with Crippen molar-refractivity contribution in [1.82, 2.24) is 29.3 Å². The standard InChI is InChI=1S/C28H25F3N8O3/c29-28(30,31)42-21-8-6-19(7-9-21)25(41)37-14-11-27(10-13-32,12-15-37)38-17-20(16-33-38)22-2-1-3-23-34-26(36-39(22)23)35-24(40)18-4-5-18/h1-3,6-9,16-18H,4-5,10-12,14-15H2,(H,35,36,40). The number of piperidine rings is 1. The first-order valence-electron chi connectivity index (χ1n) is 13.4. The molecule has 14 heteroatoms. The minimum absolute atomic E-state index is 0.0192. The first kappa shape index (κ1) is 27.3. The van der Waals surface area contributed by atoms with Crippen LogP contribution in [-0.4, -0.2) is 60.5 Å². The maximum Gasteiger partial charge on any atom is 0.573 e. The van der Waals surface area contributed by atoms with Crippen LogP contribution in [-0.2, 0) is 10.3 Å². The molecular weight excluding hydrogens is 553 g/mol. The highest BCUT2D eigenvalue weighted by Crippen LogP contribution is 2.35. The van der Waals surface area contributed by atoms with Crippen LogP contribution in [0.4, 0.5) is 19.1 Å². The van der Waals surface area contributed by atoms with Gasteiger partial charge in [0.25, 0.3) is 5.91 Å². The molecule has 4 heterocycles. The topological polar surface area (TPSA) is 130 Å². The number of ether oxygens (including phenoxy) is 1. The molecule has 0 spiro atoms. The fraction of sp³-hybridized carbons (Fsp3) is 0.357.